The maximum atomic E-state index is 11.4. The average Bonchev–Trinajstić information content (AvgIpc) is 2.77. The lowest BCUT2D eigenvalue weighted by atomic mass is 10.1. The van der Waals surface area contributed by atoms with E-state index in [9.17, 15) is 13.2 Å². The largest absolute Gasteiger partial charge is 0.373 e. The highest BCUT2D eigenvalue weighted by Crippen LogP contribution is 2.18. The number of hydrogen-bond donors (Lipinski definition) is 1. The molecule has 2 rings (SSSR count). The zero-order chi connectivity index (χ0) is 16.3. The van der Waals surface area contributed by atoms with Crippen molar-refractivity contribution in [3.8, 4) is 0 Å². The van der Waals surface area contributed by atoms with E-state index in [1.165, 1.54) is 0 Å². The van der Waals surface area contributed by atoms with Gasteiger partial charge in [-0.1, -0.05) is 17.3 Å². The normalized spacial score (nSPS) is 16.6. The Balaban J connectivity index is 2.09. The highest BCUT2D eigenvalue weighted by molar-refractivity contribution is 7.85. The third-order valence-electron chi connectivity index (χ3n) is 3.20. The smallest absolute Gasteiger partial charge is 0.367 e. The number of anilines is 1. The van der Waals surface area contributed by atoms with Gasteiger partial charge in [0.1, 0.15) is 0 Å². The van der Waals surface area contributed by atoms with Crippen molar-refractivity contribution >= 4 is 33.6 Å². The fraction of sp³-hybridized carbons (Fsp3) is 0.286. The molecule has 0 unspecified atom stereocenters. The van der Waals surface area contributed by atoms with Crippen LogP contribution in [0.3, 0.4) is 0 Å². The first-order chi connectivity index (χ1) is 10.3. The summed E-state index contributed by atoms with van der Waals surface area (Å²) in [6.07, 6.45) is 1.68. The van der Waals surface area contributed by atoms with Gasteiger partial charge >= 0.3 is 5.97 Å². The molecule has 1 aromatic carbocycles. The first-order valence-electron chi connectivity index (χ1n) is 6.50. The standard InChI is InChI=1S/C14H16N2O5S/c1-10-13(14(17)21-15-10)9-11-3-5-12(6-4-11)16(2)7-8-22(18,19)20/h3-6,9H,7-8H2,1-2H3,(H,18,19,20)/b13-9+. The van der Waals surface area contributed by atoms with Gasteiger partial charge < -0.3 is 9.74 Å². The predicted molar refractivity (Wildman–Crippen MR) is 83.3 cm³/mol. The Labute approximate surface area is 128 Å². The molecule has 1 aliphatic rings. The van der Waals surface area contributed by atoms with Crippen LogP contribution in [0.2, 0.25) is 0 Å². The van der Waals surface area contributed by atoms with Crippen LogP contribution in [0.15, 0.2) is 35.0 Å². The summed E-state index contributed by atoms with van der Waals surface area (Å²) in [5.74, 6) is -0.816. The molecule has 7 nitrogen and oxygen atoms in total. The van der Waals surface area contributed by atoms with Crippen molar-refractivity contribution in [1.29, 1.82) is 0 Å². The molecule has 0 bridgehead atoms. The van der Waals surface area contributed by atoms with Gasteiger partial charge in [0.2, 0.25) is 0 Å². The fourth-order valence-corrected chi connectivity index (χ4v) is 2.40. The summed E-state index contributed by atoms with van der Waals surface area (Å²) in [5.41, 5.74) is 2.53. The van der Waals surface area contributed by atoms with Gasteiger partial charge in [-0.05, 0) is 30.7 Å². The van der Waals surface area contributed by atoms with E-state index >= 15 is 0 Å². The maximum Gasteiger partial charge on any atom is 0.367 e. The maximum absolute atomic E-state index is 11.4. The van der Waals surface area contributed by atoms with Gasteiger partial charge in [-0.2, -0.15) is 8.42 Å². The van der Waals surface area contributed by atoms with E-state index in [1.54, 1.807) is 49.2 Å². The number of carbonyl (C=O) groups is 1. The summed E-state index contributed by atoms with van der Waals surface area (Å²) in [4.78, 5) is 17.7. The third-order valence-corrected chi connectivity index (χ3v) is 3.90. The molecular weight excluding hydrogens is 308 g/mol. The minimum atomic E-state index is -3.98. The van der Waals surface area contributed by atoms with Crippen LogP contribution in [0.4, 0.5) is 5.69 Å². The summed E-state index contributed by atoms with van der Waals surface area (Å²) in [6.45, 7) is 1.87. The van der Waals surface area contributed by atoms with Gasteiger partial charge in [0.25, 0.3) is 10.1 Å². The Bertz CT molecular complexity index is 735. The van der Waals surface area contributed by atoms with E-state index in [0.717, 1.165) is 11.3 Å². The van der Waals surface area contributed by atoms with Crippen molar-refractivity contribution in [1.82, 2.24) is 0 Å². The Kier molecular flexibility index (Phi) is 4.62. The Morgan fingerprint density at radius 3 is 2.45 bits per heavy atom. The summed E-state index contributed by atoms with van der Waals surface area (Å²) >= 11 is 0. The number of nitrogens with zero attached hydrogens (tertiary/aromatic N) is 2. The molecule has 0 aliphatic carbocycles. The summed E-state index contributed by atoms with van der Waals surface area (Å²) in [7, 11) is -2.25. The van der Waals surface area contributed by atoms with Crippen molar-refractivity contribution in [2.45, 2.75) is 6.92 Å². The van der Waals surface area contributed by atoms with Crippen LogP contribution in [0, 0.1) is 0 Å². The highest BCUT2D eigenvalue weighted by atomic mass is 32.2. The van der Waals surface area contributed by atoms with Crippen molar-refractivity contribution in [2.75, 3.05) is 24.2 Å². The Hall–Kier alpha value is -2.19. The van der Waals surface area contributed by atoms with Crippen LogP contribution < -0.4 is 4.90 Å². The summed E-state index contributed by atoms with van der Waals surface area (Å²) < 4.78 is 30.2. The second-order valence-corrected chi connectivity index (χ2v) is 6.48. The first kappa shape index (κ1) is 16.2. The van der Waals surface area contributed by atoms with Gasteiger partial charge in [-0.3, -0.25) is 4.55 Å². The lowest BCUT2D eigenvalue weighted by molar-refractivity contribution is -0.136. The molecular formula is C14H16N2O5S. The monoisotopic (exact) mass is 324 g/mol. The minimum absolute atomic E-state index is 0.178. The zero-order valence-corrected chi connectivity index (χ0v) is 13.0. The SMILES string of the molecule is CC1=NOC(=O)/C1=C/c1ccc(N(C)CCS(=O)(=O)O)cc1. The van der Waals surface area contributed by atoms with Gasteiger partial charge in [0, 0.05) is 19.3 Å². The number of hydrogen-bond acceptors (Lipinski definition) is 6. The van der Waals surface area contributed by atoms with Crippen LogP contribution >= 0.6 is 0 Å². The second-order valence-electron chi connectivity index (χ2n) is 4.91. The molecule has 118 valence electrons. The van der Waals surface area contributed by atoms with E-state index in [-0.39, 0.29) is 12.3 Å². The molecule has 1 heterocycles. The van der Waals surface area contributed by atoms with Crippen molar-refractivity contribution in [2.24, 2.45) is 5.16 Å². The first-order valence-corrected chi connectivity index (χ1v) is 8.11. The molecule has 0 saturated heterocycles. The molecule has 0 saturated carbocycles. The molecule has 0 amide bonds. The predicted octanol–water partition coefficient (Wildman–Crippen LogP) is 1.33. The molecule has 1 aromatic rings. The molecule has 1 aliphatic heterocycles. The second kappa shape index (κ2) is 6.29. The summed E-state index contributed by atoms with van der Waals surface area (Å²) in [6, 6.07) is 7.18. The molecule has 8 heteroatoms. The summed E-state index contributed by atoms with van der Waals surface area (Å²) in [5, 5.41) is 3.60. The van der Waals surface area contributed by atoms with E-state index in [0.29, 0.717) is 11.3 Å². The molecule has 1 N–H and O–H groups in total. The van der Waals surface area contributed by atoms with Crippen LogP contribution in [-0.2, 0) is 19.8 Å². The van der Waals surface area contributed by atoms with E-state index < -0.39 is 16.1 Å². The Morgan fingerprint density at radius 1 is 1.32 bits per heavy atom. The van der Waals surface area contributed by atoms with Crippen molar-refractivity contribution < 1.29 is 22.6 Å². The van der Waals surface area contributed by atoms with Crippen molar-refractivity contribution in [3.05, 3.63) is 35.4 Å². The minimum Gasteiger partial charge on any atom is -0.373 e. The van der Waals surface area contributed by atoms with Crippen LogP contribution in [-0.4, -0.2) is 44.0 Å². The number of carbonyl (C=O) groups excluding carboxylic acids is 1. The molecule has 0 aromatic heterocycles. The quantitative estimate of drug-likeness (QED) is 0.498. The van der Waals surface area contributed by atoms with Gasteiger partial charge in [-0.15, -0.1) is 0 Å². The van der Waals surface area contributed by atoms with Crippen LogP contribution in [0.25, 0.3) is 6.08 Å². The van der Waals surface area contributed by atoms with E-state index in [2.05, 4.69) is 9.99 Å². The van der Waals surface area contributed by atoms with E-state index in [4.69, 9.17) is 4.55 Å². The molecule has 0 atom stereocenters. The number of rotatable bonds is 5. The molecule has 22 heavy (non-hydrogen) atoms. The zero-order valence-electron chi connectivity index (χ0n) is 12.2. The lowest BCUT2D eigenvalue weighted by Crippen LogP contribution is -2.24. The molecule has 0 spiro atoms. The van der Waals surface area contributed by atoms with Crippen LogP contribution in [0.5, 0.6) is 0 Å². The van der Waals surface area contributed by atoms with Gasteiger partial charge in [-0.25, -0.2) is 4.79 Å². The fourth-order valence-electron chi connectivity index (χ4n) is 1.89. The third kappa shape index (κ3) is 4.15. The molecule has 0 fully saturated rings. The highest BCUT2D eigenvalue weighted by Gasteiger charge is 2.21. The topological polar surface area (TPSA) is 96.3 Å². The lowest BCUT2D eigenvalue weighted by Gasteiger charge is -2.18. The Morgan fingerprint density at radius 2 is 1.95 bits per heavy atom. The van der Waals surface area contributed by atoms with Crippen molar-refractivity contribution in [3.63, 3.8) is 0 Å². The van der Waals surface area contributed by atoms with E-state index in [1.807, 2.05) is 0 Å². The molecule has 0 radical (unpaired) electrons. The van der Waals surface area contributed by atoms with Gasteiger partial charge in [0.15, 0.2) is 0 Å². The number of oxime groups is 1. The van der Waals surface area contributed by atoms with Crippen LogP contribution in [0.1, 0.15) is 12.5 Å². The van der Waals surface area contributed by atoms with Gasteiger partial charge in [0.05, 0.1) is 17.0 Å². The average molecular weight is 324 g/mol. The number of benzene rings is 1.